The van der Waals surface area contributed by atoms with E-state index in [9.17, 15) is 18.4 Å². The van der Waals surface area contributed by atoms with Crippen LogP contribution in [0, 0.1) is 18.6 Å². The number of aldehydes is 1. The molecule has 0 bridgehead atoms. The molecule has 5 rings (SSSR count). The van der Waals surface area contributed by atoms with Gasteiger partial charge in [0.2, 0.25) is 5.95 Å². The first-order valence-electron chi connectivity index (χ1n) is 15.4. The lowest BCUT2D eigenvalue weighted by Gasteiger charge is -2.31. The molecule has 2 amide bonds. The van der Waals surface area contributed by atoms with Crippen molar-refractivity contribution < 1.29 is 18.4 Å². The van der Waals surface area contributed by atoms with Crippen molar-refractivity contribution in [1.29, 1.82) is 0 Å². The summed E-state index contributed by atoms with van der Waals surface area (Å²) in [5, 5.41) is 8.94. The molecule has 3 heterocycles. The Labute approximate surface area is 259 Å². The smallest absolute Gasteiger partial charge is 0.328 e. The maximum Gasteiger partial charge on any atom is 0.328 e. The molecule has 9 nitrogen and oxygen atoms in total. The lowest BCUT2D eigenvalue weighted by atomic mass is 9.98. The fourth-order valence-electron chi connectivity index (χ4n) is 4.85. The molecule has 0 unspecified atom stereocenters. The Hall–Kier alpha value is -3.96. The average molecular weight is 610 g/mol. The van der Waals surface area contributed by atoms with Crippen LogP contribution < -0.4 is 20.9 Å². The van der Waals surface area contributed by atoms with Crippen LogP contribution in [-0.4, -0.2) is 66.5 Å². The minimum atomic E-state index is -0.887. The monoisotopic (exact) mass is 609 g/mol. The van der Waals surface area contributed by atoms with E-state index >= 15 is 0 Å². The van der Waals surface area contributed by atoms with Crippen molar-refractivity contribution >= 4 is 29.8 Å². The molecule has 1 fully saturated rings. The van der Waals surface area contributed by atoms with Gasteiger partial charge in [-0.3, -0.25) is 4.79 Å². The SMILES string of the molecule is CC.CNC(C)C.Cc1ccc(C=O)cc1-c1nc(NCCCN2CCCC2)nc2c1CNC(=O)N2c1c(F)cccc1F. The number of para-hydroxylation sites is 1. The standard InChI is InChI=1S/C27H28F2N6O2.C4H11N.C2H6/c1-17-8-9-18(16-36)14-19(17)23-20-15-31-27(37)35(24-21(28)6-4-7-22(24)29)25(20)33-26(32-23)30-10-5-13-34-11-2-3-12-34;1-4(2)5-3;1-2/h4,6-9,14,16H,2-3,5,10-13,15H2,1H3,(H,31,37)(H,30,32,33);4-5H,1-3H3;1-2H3. The van der Waals surface area contributed by atoms with Crippen molar-refractivity contribution in [3.05, 3.63) is 64.7 Å². The Kier molecular flexibility index (Phi) is 13.2. The summed E-state index contributed by atoms with van der Waals surface area (Å²) in [5.41, 5.74) is 2.46. The van der Waals surface area contributed by atoms with Crippen molar-refractivity contribution in [3.63, 3.8) is 0 Å². The molecule has 0 aliphatic carbocycles. The van der Waals surface area contributed by atoms with Crippen LogP contribution in [-0.2, 0) is 6.54 Å². The number of rotatable bonds is 9. The molecule has 44 heavy (non-hydrogen) atoms. The molecule has 2 aromatic carbocycles. The number of anilines is 3. The van der Waals surface area contributed by atoms with E-state index in [0.29, 0.717) is 35.0 Å². The van der Waals surface area contributed by atoms with Crippen LogP contribution in [0.25, 0.3) is 11.3 Å². The summed E-state index contributed by atoms with van der Waals surface area (Å²) in [6.45, 7) is 13.9. The van der Waals surface area contributed by atoms with Gasteiger partial charge in [0.15, 0.2) is 5.82 Å². The fraction of sp³-hybridized carbons (Fsp3) is 0.455. The van der Waals surface area contributed by atoms with Crippen molar-refractivity contribution in [2.45, 2.75) is 66.5 Å². The van der Waals surface area contributed by atoms with E-state index in [0.717, 1.165) is 54.9 Å². The number of likely N-dealkylation sites (tertiary alicyclic amines) is 1. The van der Waals surface area contributed by atoms with Gasteiger partial charge in [0.1, 0.15) is 23.6 Å². The largest absolute Gasteiger partial charge is 0.354 e. The quantitative estimate of drug-likeness (QED) is 0.190. The molecule has 0 atom stereocenters. The van der Waals surface area contributed by atoms with Gasteiger partial charge in [-0.15, -0.1) is 0 Å². The highest BCUT2D eigenvalue weighted by molar-refractivity contribution is 6.02. The van der Waals surface area contributed by atoms with E-state index < -0.39 is 23.4 Å². The minimum absolute atomic E-state index is 0.0655. The molecular weight excluding hydrogens is 564 g/mol. The van der Waals surface area contributed by atoms with Crippen LogP contribution in [0.4, 0.5) is 31.0 Å². The number of halogens is 2. The summed E-state index contributed by atoms with van der Waals surface area (Å²) in [6, 6.07) is 8.60. The first kappa shape index (κ1) is 34.5. The summed E-state index contributed by atoms with van der Waals surface area (Å²) < 4.78 is 29.6. The van der Waals surface area contributed by atoms with E-state index in [4.69, 9.17) is 4.98 Å². The number of hydrogen-bond acceptors (Lipinski definition) is 7. The normalized spacial score (nSPS) is 14.2. The van der Waals surface area contributed by atoms with E-state index in [1.165, 1.54) is 18.9 Å². The Morgan fingerprint density at radius 2 is 1.73 bits per heavy atom. The highest BCUT2D eigenvalue weighted by atomic mass is 19.1. The molecule has 238 valence electrons. The van der Waals surface area contributed by atoms with Crippen LogP contribution >= 0.6 is 0 Å². The van der Waals surface area contributed by atoms with Crippen molar-refractivity contribution in [2.24, 2.45) is 0 Å². The number of aromatic nitrogens is 2. The predicted molar refractivity (Wildman–Crippen MR) is 173 cm³/mol. The van der Waals surface area contributed by atoms with Gasteiger partial charge < -0.3 is 20.9 Å². The van der Waals surface area contributed by atoms with Crippen LogP contribution in [0.1, 0.15) is 68.4 Å². The number of fused-ring (bicyclic) bond motifs is 1. The maximum absolute atomic E-state index is 14.8. The molecule has 1 aromatic heterocycles. The van der Waals surface area contributed by atoms with Crippen LogP contribution in [0.15, 0.2) is 36.4 Å². The zero-order valence-corrected chi connectivity index (χ0v) is 26.6. The molecule has 1 saturated heterocycles. The highest BCUT2D eigenvalue weighted by Gasteiger charge is 2.34. The van der Waals surface area contributed by atoms with E-state index in [1.54, 1.807) is 12.1 Å². The minimum Gasteiger partial charge on any atom is -0.354 e. The number of nitrogens with zero attached hydrogens (tertiary/aromatic N) is 4. The van der Waals surface area contributed by atoms with Gasteiger partial charge in [-0.2, -0.15) is 4.98 Å². The van der Waals surface area contributed by atoms with Gasteiger partial charge in [0, 0.05) is 29.3 Å². The maximum atomic E-state index is 14.8. The molecule has 0 saturated carbocycles. The average Bonchev–Trinajstić information content (AvgIpc) is 3.55. The fourth-order valence-corrected chi connectivity index (χ4v) is 4.85. The number of nitrogens with one attached hydrogen (secondary N) is 3. The molecular formula is C33H45F2N7O2. The number of aryl methyl sites for hydroxylation is 1. The summed E-state index contributed by atoms with van der Waals surface area (Å²) in [6.07, 6.45) is 4.04. The first-order valence-corrected chi connectivity index (χ1v) is 15.4. The van der Waals surface area contributed by atoms with Crippen LogP contribution in [0.2, 0.25) is 0 Å². The number of amides is 2. The predicted octanol–water partition coefficient (Wildman–Crippen LogP) is 6.44. The van der Waals surface area contributed by atoms with Gasteiger partial charge in [0.05, 0.1) is 12.2 Å². The number of hydrogen-bond donors (Lipinski definition) is 3. The molecule has 2 aliphatic heterocycles. The second-order valence-electron chi connectivity index (χ2n) is 10.7. The topological polar surface area (TPSA) is 102 Å². The van der Waals surface area contributed by atoms with Gasteiger partial charge >= 0.3 is 6.03 Å². The Balaban J connectivity index is 0.000000688. The Morgan fingerprint density at radius 1 is 1.07 bits per heavy atom. The van der Waals surface area contributed by atoms with E-state index in [2.05, 4.69) is 39.7 Å². The first-order chi connectivity index (χ1) is 21.2. The molecule has 3 aromatic rings. The molecule has 2 aliphatic rings. The van der Waals surface area contributed by atoms with Gasteiger partial charge in [-0.05, 0) is 76.6 Å². The number of carbonyl (C=O) groups is 2. The number of benzene rings is 2. The summed E-state index contributed by atoms with van der Waals surface area (Å²) in [5.74, 6) is -1.44. The molecule has 0 spiro atoms. The van der Waals surface area contributed by atoms with Gasteiger partial charge in [-0.1, -0.05) is 45.9 Å². The number of urea groups is 1. The zero-order valence-electron chi connectivity index (χ0n) is 26.6. The molecule has 3 N–H and O–H groups in total. The van der Waals surface area contributed by atoms with Crippen molar-refractivity contribution in [2.75, 3.05) is 43.4 Å². The lowest BCUT2D eigenvalue weighted by molar-refractivity contribution is 0.112. The van der Waals surface area contributed by atoms with E-state index in [-0.39, 0.29) is 18.3 Å². The summed E-state index contributed by atoms with van der Waals surface area (Å²) >= 11 is 0. The third-order valence-electron chi connectivity index (χ3n) is 7.34. The zero-order chi connectivity index (χ0) is 32.2. The van der Waals surface area contributed by atoms with Crippen molar-refractivity contribution in [1.82, 2.24) is 25.5 Å². The second-order valence-corrected chi connectivity index (χ2v) is 10.7. The summed E-state index contributed by atoms with van der Waals surface area (Å²) in [4.78, 5) is 37.1. The summed E-state index contributed by atoms with van der Waals surface area (Å²) in [7, 11) is 1.95. The number of carbonyl (C=O) groups excluding carboxylic acids is 2. The molecule has 11 heteroatoms. The Morgan fingerprint density at radius 3 is 2.34 bits per heavy atom. The van der Waals surface area contributed by atoms with E-state index in [1.807, 2.05) is 33.9 Å². The van der Waals surface area contributed by atoms with Crippen LogP contribution in [0.3, 0.4) is 0 Å². The highest BCUT2D eigenvalue weighted by Crippen LogP contribution is 2.39. The van der Waals surface area contributed by atoms with Gasteiger partial charge in [-0.25, -0.2) is 23.5 Å². The van der Waals surface area contributed by atoms with Crippen LogP contribution in [0.5, 0.6) is 0 Å². The third kappa shape index (κ3) is 8.57. The molecule has 0 radical (unpaired) electrons. The van der Waals surface area contributed by atoms with Gasteiger partial charge in [0.25, 0.3) is 0 Å². The lowest BCUT2D eigenvalue weighted by Crippen LogP contribution is -2.43. The Bertz CT molecular complexity index is 1390. The van der Waals surface area contributed by atoms with Crippen molar-refractivity contribution in [3.8, 4) is 11.3 Å². The third-order valence-corrected chi connectivity index (χ3v) is 7.34. The second kappa shape index (κ2) is 16.8.